The zero-order chi connectivity index (χ0) is 13.8. The van der Waals surface area contributed by atoms with Gasteiger partial charge in [0, 0.05) is 12.5 Å². The minimum atomic E-state index is -0.443. The molecule has 0 spiro atoms. The molecule has 1 aromatic rings. The van der Waals surface area contributed by atoms with Gasteiger partial charge in [-0.2, -0.15) is 0 Å². The van der Waals surface area contributed by atoms with Gasteiger partial charge in [0.25, 0.3) is 0 Å². The van der Waals surface area contributed by atoms with Gasteiger partial charge in [-0.3, -0.25) is 0 Å². The fourth-order valence-electron chi connectivity index (χ4n) is 1.72. The Morgan fingerprint density at radius 2 is 2.11 bits per heavy atom. The molecular formula is C15H20O3. The van der Waals surface area contributed by atoms with Gasteiger partial charge in [0.15, 0.2) is 0 Å². The summed E-state index contributed by atoms with van der Waals surface area (Å²) in [6, 6.07) is 5.66. The first-order valence-electron chi connectivity index (χ1n) is 5.97. The van der Waals surface area contributed by atoms with Crippen LogP contribution in [0.25, 0.3) is 0 Å². The van der Waals surface area contributed by atoms with Crippen LogP contribution in [0.2, 0.25) is 0 Å². The molecule has 1 rings (SSSR count). The first kappa shape index (κ1) is 14.3. The zero-order valence-electron chi connectivity index (χ0n) is 11.2. The van der Waals surface area contributed by atoms with Crippen LogP contribution in [0.4, 0.5) is 0 Å². The van der Waals surface area contributed by atoms with Crippen LogP contribution in [0, 0.1) is 0 Å². The largest absolute Gasteiger partial charge is 0.507 e. The average Bonchev–Trinajstić information content (AvgIpc) is 2.29. The summed E-state index contributed by atoms with van der Waals surface area (Å²) in [4.78, 5) is 10.9. The molecule has 0 fully saturated rings. The Morgan fingerprint density at radius 3 is 2.67 bits per heavy atom. The van der Waals surface area contributed by atoms with Crippen molar-refractivity contribution < 1.29 is 14.6 Å². The average molecular weight is 248 g/mol. The van der Waals surface area contributed by atoms with Crippen LogP contribution in [0.5, 0.6) is 5.75 Å². The second-order valence-corrected chi connectivity index (χ2v) is 5.18. The molecule has 18 heavy (non-hydrogen) atoms. The summed E-state index contributed by atoms with van der Waals surface area (Å²) >= 11 is 0. The van der Waals surface area contributed by atoms with E-state index in [2.05, 4.69) is 6.58 Å². The van der Waals surface area contributed by atoms with Gasteiger partial charge in [-0.1, -0.05) is 45.5 Å². The number of hydrogen-bond donors (Lipinski definition) is 1. The van der Waals surface area contributed by atoms with Crippen molar-refractivity contribution in [2.24, 2.45) is 0 Å². The molecule has 0 radical (unpaired) electrons. The van der Waals surface area contributed by atoms with E-state index in [0.717, 1.165) is 17.2 Å². The van der Waals surface area contributed by atoms with Crippen molar-refractivity contribution in [1.29, 1.82) is 0 Å². The van der Waals surface area contributed by atoms with Gasteiger partial charge in [0.1, 0.15) is 5.75 Å². The highest BCUT2D eigenvalue weighted by Gasteiger charge is 2.19. The van der Waals surface area contributed by atoms with E-state index < -0.39 is 5.97 Å². The second-order valence-electron chi connectivity index (χ2n) is 5.18. The fraction of sp³-hybridized carbons (Fsp3) is 0.400. The summed E-state index contributed by atoms with van der Waals surface area (Å²) in [6.45, 7) is 9.70. The first-order valence-corrected chi connectivity index (χ1v) is 5.97. The maximum absolute atomic E-state index is 10.9. The van der Waals surface area contributed by atoms with Crippen molar-refractivity contribution in [3.8, 4) is 5.75 Å². The Labute approximate surface area is 108 Å². The molecule has 0 amide bonds. The molecule has 0 aliphatic rings. The Kier molecular flexibility index (Phi) is 4.54. The maximum Gasteiger partial charge on any atom is 0.330 e. The molecule has 3 heteroatoms. The Hall–Kier alpha value is -1.77. The third-order valence-electron chi connectivity index (χ3n) is 2.71. The van der Waals surface area contributed by atoms with Crippen LogP contribution in [0.1, 0.15) is 31.9 Å². The van der Waals surface area contributed by atoms with Crippen molar-refractivity contribution in [1.82, 2.24) is 0 Å². The third-order valence-corrected chi connectivity index (χ3v) is 2.71. The van der Waals surface area contributed by atoms with E-state index in [1.165, 1.54) is 0 Å². The molecule has 3 nitrogen and oxygen atoms in total. The van der Waals surface area contributed by atoms with Gasteiger partial charge in [0.2, 0.25) is 0 Å². The highest BCUT2D eigenvalue weighted by molar-refractivity contribution is 5.81. The quantitative estimate of drug-likeness (QED) is 0.658. The lowest BCUT2D eigenvalue weighted by atomic mass is 9.85. The van der Waals surface area contributed by atoms with Crippen LogP contribution in [0.3, 0.4) is 0 Å². The lowest BCUT2D eigenvalue weighted by Gasteiger charge is -2.21. The normalized spacial score (nSPS) is 11.1. The van der Waals surface area contributed by atoms with Crippen LogP contribution < -0.4 is 0 Å². The monoisotopic (exact) mass is 248 g/mol. The number of esters is 1. The molecule has 0 aliphatic heterocycles. The summed E-state index contributed by atoms with van der Waals surface area (Å²) in [5, 5.41) is 10.2. The molecule has 0 aliphatic carbocycles. The van der Waals surface area contributed by atoms with Gasteiger partial charge in [-0.15, -0.1) is 0 Å². The molecule has 0 heterocycles. The lowest BCUT2D eigenvalue weighted by molar-refractivity contribution is -0.137. The fourth-order valence-corrected chi connectivity index (χ4v) is 1.72. The van der Waals surface area contributed by atoms with E-state index in [1.54, 1.807) is 0 Å². The number of carbonyl (C=O) groups is 1. The Balaban J connectivity index is 2.79. The standard InChI is InChI=1S/C15H20O3/c1-5-13(16)18-10-9-11-7-6-8-12(14(11)17)15(2,3)4/h5-8,17H,1,9-10H2,2-4H3. The number of benzene rings is 1. The topological polar surface area (TPSA) is 46.5 Å². The Bertz CT molecular complexity index is 442. The summed E-state index contributed by atoms with van der Waals surface area (Å²) < 4.78 is 4.91. The number of hydrogen-bond acceptors (Lipinski definition) is 3. The number of rotatable bonds is 4. The van der Waals surface area contributed by atoms with E-state index in [1.807, 2.05) is 39.0 Å². The van der Waals surface area contributed by atoms with E-state index in [4.69, 9.17) is 4.74 Å². The summed E-state index contributed by atoms with van der Waals surface area (Å²) in [5.74, 6) is -0.152. The third kappa shape index (κ3) is 3.62. The smallest absolute Gasteiger partial charge is 0.330 e. The maximum atomic E-state index is 10.9. The van der Waals surface area contributed by atoms with E-state index >= 15 is 0 Å². The van der Waals surface area contributed by atoms with Gasteiger partial charge in [0.05, 0.1) is 6.61 Å². The van der Waals surface area contributed by atoms with Crippen molar-refractivity contribution in [2.75, 3.05) is 6.61 Å². The summed E-state index contributed by atoms with van der Waals surface area (Å²) in [6.07, 6.45) is 1.63. The van der Waals surface area contributed by atoms with Gasteiger partial charge in [-0.05, 0) is 16.5 Å². The van der Waals surface area contributed by atoms with Crippen LogP contribution in [-0.2, 0) is 21.4 Å². The molecule has 1 aromatic carbocycles. The molecule has 98 valence electrons. The van der Waals surface area contributed by atoms with Gasteiger partial charge >= 0.3 is 5.97 Å². The van der Waals surface area contributed by atoms with Crippen molar-refractivity contribution in [3.63, 3.8) is 0 Å². The van der Waals surface area contributed by atoms with E-state index in [0.29, 0.717) is 12.2 Å². The Morgan fingerprint density at radius 1 is 1.44 bits per heavy atom. The number of phenols is 1. The molecule has 0 saturated heterocycles. The number of carbonyl (C=O) groups excluding carboxylic acids is 1. The number of ether oxygens (including phenoxy) is 1. The highest BCUT2D eigenvalue weighted by atomic mass is 16.5. The molecular weight excluding hydrogens is 228 g/mol. The predicted molar refractivity (Wildman–Crippen MR) is 71.7 cm³/mol. The van der Waals surface area contributed by atoms with Crippen LogP contribution in [0.15, 0.2) is 30.9 Å². The van der Waals surface area contributed by atoms with Gasteiger partial charge in [-0.25, -0.2) is 4.79 Å². The van der Waals surface area contributed by atoms with Crippen molar-refractivity contribution >= 4 is 5.97 Å². The SMILES string of the molecule is C=CC(=O)OCCc1cccc(C(C)(C)C)c1O. The molecule has 0 unspecified atom stereocenters. The number of para-hydroxylation sites is 1. The first-order chi connectivity index (χ1) is 8.36. The zero-order valence-corrected chi connectivity index (χ0v) is 11.2. The predicted octanol–water partition coefficient (Wildman–Crippen LogP) is 2.96. The number of phenolic OH excluding ortho intramolecular Hbond substituents is 1. The van der Waals surface area contributed by atoms with Crippen LogP contribution in [-0.4, -0.2) is 17.7 Å². The lowest BCUT2D eigenvalue weighted by Crippen LogP contribution is -2.12. The van der Waals surface area contributed by atoms with Crippen molar-refractivity contribution in [2.45, 2.75) is 32.6 Å². The highest BCUT2D eigenvalue weighted by Crippen LogP contribution is 2.33. The van der Waals surface area contributed by atoms with E-state index in [9.17, 15) is 9.90 Å². The number of aromatic hydroxyl groups is 1. The van der Waals surface area contributed by atoms with Crippen molar-refractivity contribution in [3.05, 3.63) is 42.0 Å². The van der Waals surface area contributed by atoms with Crippen LogP contribution >= 0.6 is 0 Å². The molecule has 0 aromatic heterocycles. The minimum absolute atomic E-state index is 0.113. The van der Waals surface area contributed by atoms with Gasteiger partial charge < -0.3 is 9.84 Å². The molecule has 0 atom stereocenters. The molecule has 0 saturated carbocycles. The second kappa shape index (κ2) is 5.71. The minimum Gasteiger partial charge on any atom is -0.507 e. The summed E-state index contributed by atoms with van der Waals surface area (Å²) in [7, 11) is 0. The molecule has 0 bridgehead atoms. The van der Waals surface area contributed by atoms with E-state index in [-0.39, 0.29) is 12.0 Å². The summed E-state index contributed by atoms with van der Waals surface area (Å²) in [5.41, 5.74) is 1.58. The molecule has 1 N–H and O–H groups in total.